The summed E-state index contributed by atoms with van der Waals surface area (Å²) in [6.07, 6.45) is 7.62. The topological polar surface area (TPSA) is 80.4 Å². The summed E-state index contributed by atoms with van der Waals surface area (Å²) in [6, 6.07) is 9.98. The SMILES string of the molecule is C=CC(=O)N[C@@H](\C=C(C)/C(C)=C(/C(C(=C)C)=C(N)/N=C\C)c1cnc2ccccc2c1)CC. The van der Waals surface area contributed by atoms with Gasteiger partial charge in [-0.15, -0.1) is 0 Å². The molecule has 1 heterocycles. The summed E-state index contributed by atoms with van der Waals surface area (Å²) < 4.78 is 0. The van der Waals surface area contributed by atoms with Crippen LogP contribution in [-0.4, -0.2) is 23.1 Å². The van der Waals surface area contributed by atoms with Crippen molar-refractivity contribution in [1.82, 2.24) is 10.3 Å². The van der Waals surface area contributed by atoms with Gasteiger partial charge in [0.15, 0.2) is 0 Å². The first kappa shape index (κ1) is 25.5. The Morgan fingerprint density at radius 3 is 2.58 bits per heavy atom. The molecule has 0 spiro atoms. The van der Waals surface area contributed by atoms with Gasteiger partial charge in [0.05, 0.1) is 5.52 Å². The highest BCUT2D eigenvalue weighted by Crippen LogP contribution is 2.35. The number of nitrogens with one attached hydrogen (secondary N) is 1. The van der Waals surface area contributed by atoms with Crippen LogP contribution in [0, 0.1) is 0 Å². The van der Waals surface area contributed by atoms with Crippen LogP contribution in [-0.2, 0) is 4.79 Å². The number of aromatic nitrogens is 1. The number of aliphatic imine (C=N–C) groups is 1. The molecule has 1 aromatic heterocycles. The number of para-hydroxylation sites is 1. The normalized spacial score (nSPS) is 14.5. The van der Waals surface area contributed by atoms with Crippen molar-refractivity contribution >= 4 is 28.6 Å². The molecule has 0 aliphatic rings. The Kier molecular flexibility index (Phi) is 9.10. The van der Waals surface area contributed by atoms with Crippen LogP contribution in [0.1, 0.15) is 46.6 Å². The second-order valence-corrected chi connectivity index (χ2v) is 7.92. The summed E-state index contributed by atoms with van der Waals surface area (Å²) in [5, 5.41) is 3.99. The van der Waals surface area contributed by atoms with Crippen LogP contribution in [0.3, 0.4) is 0 Å². The summed E-state index contributed by atoms with van der Waals surface area (Å²) in [6.45, 7) is 17.6. The summed E-state index contributed by atoms with van der Waals surface area (Å²) in [5.74, 6) is 0.197. The van der Waals surface area contributed by atoms with E-state index < -0.39 is 0 Å². The minimum atomic E-state index is -0.199. The zero-order valence-corrected chi connectivity index (χ0v) is 20.3. The molecule has 1 aromatic carbocycles. The van der Waals surface area contributed by atoms with E-state index in [1.807, 2.05) is 65.1 Å². The fourth-order valence-corrected chi connectivity index (χ4v) is 3.65. The summed E-state index contributed by atoms with van der Waals surface area (Å²) >= 11 is 0. The van der Waals surface area contributed by atoms with Crippen molar-refractivity contribution in [3.63, 3.8) is 0 Å². The molecule has 33 heavy (non-hydrogen) atoms. The van der Waals surface area contributed by atoms with E-state index in [0.717, 1.165) is 50.8 Å². The third kappa shape index (κ3) is 6.39. The van der Waals surface area contributed by atoms with Crippen molar-refractivity contribution in [2.75, 3.05) is 0 Å². The van der Waals surface area contributed by atoms with Gasteiger partial charge in [-0.1, -0.05) is 44.4 Å². The maximum Gasteiger partial charge on any atom is 0.243 e. The molecule has 1 amide bonds. The molecule has 2 rings (SSSR count). The first-order valence-corrected chi connectivity index (χ1v) is 11.1. The van der Waals surface area contributed by atoms with Crippen LogP contribution in [0.15, 0.2) is 94.9 Å². The fraction of sp³-hybridized carbons (Fsp3) is 0.250. The monoisotopic (exact) mass is 442 g/mol. The lowest BCUT2D eigenvalue weighted by Crippen LogP contribution is -2.31. The van der Waals surface area contributed by atoms with Gasteiger partial charge >= 0.3 is 0 Å². The molecule has 5 heteroatoms. The van der Waals surface area contributed by atoms with E-state index in [9.17, 15) is 4.79 Å². The molecule has 1 atom stereocenters. The van der Waals surface area contributed by atoms with E-state index in [-0.39, 0.29) is 11.9 Å². The van der Waals surface area contributed by atoms with Gasteiger partial charge in [-0.2, -0.15) is 0 Å². The number of fused-ring (bicyclic) bond motifs is 1. The number of allylic oxidation sites excluding steroid dienone is 5. The minimum Gasteiger partial charge on any atom is -0.383 e. The van der Waals surface area contributed by atoms with Crippen LogP contribution >= 0.6 is 0 Å². The van der Waals surface area contributed by atoms with Crippen molar-refractivity contribution in [3.05, 3.63) is 95.5 Å². The Morgan fingerprint density at radius 2 is 1.97 bits per heavy atom. The van der Waals surface area contributed by atoms with E-state index in [1.165, 1.54) is 6.08 Å². The van der Waals surface area contributed by atoms with E-state index >= 15 is 0 Å². The van der Waals surface area contributed by atoms with E-state index in [0.29, 0.717) is 5.82 Å². The molecule has 0 aliphatic carbocycles. The predicted octanol–water partition coefficient (Wildman–Crippen LogP) is 5.87. The predicted molar refractivity (Wildman–Crippen MR) is 141 cm³/mol. The lowest BCUT2D eigenvalue weighted by Gasteiger charge is -2.20. The Morgan fingerprint density at radius 1 is 1.27 bits per heavy atom. The second-order valence-electron chi connectivity index (χ2n) is 7.92. The highest BCUT2D eigenvalue weighted by molar-refractivity contribution is 5.91. The van der Waals surface area contributed by atoms with Crippen molar-refractivity contribution in [2.45, 2.75) is 47.1 Å². The van der Waals surface area contributed by atoms with Gasteiger partial charge in [0.25, 0.3) is 0 Å². The average Bonchev–Trinajstić information content (AvgIpc) is 2.80. The van der Waals surface area contributed by atoms with Crippen molar-refractivity contribution in [3.8, 4) is 0 Å². The number of carbonyl (C=O) groups excluding carboxylic acids is 1. The number of carbonyl (C=O) groups is 1. The van der Waals surface area contributed by atoms with Crippen LogP contribution in [0.25, 0.3) is 16.5 Å². The smallest absolute Gasteiger partial charge is 0.243 e. The van der Waals surface area contributed by atoms with Gasteiger partial charge in [-0.3, -0.25) is 9.78 Å². The highest BCUT2D eigenvalue weighted by atomic mass is 16.1. The first-order chi connectivity index (χ1) is 15.7. The van der Waals surface area contributed by atoms with Gasteiger partial charge in [0.2, 0.25) is 5.91 Å². The van der Waals surface area contributed by atoms with Crippen molar-refractivity contribution < 1.29 is 4.79 Å². The number of amides is 1. The number of hydrogen-bond acceptors (Lipinski definition) is 4. The van der Waals surface area contributed by atoms with Crippen LogP contribution in [0.4, 0.5) is 0 Å². The molecule has 5 nitrogen and oxygen atoms in total. The Hall–Kier alpha value is -3.73. The lowest BCUT2D eigenvalue weighted by atomic mass is 9.87. The lowest BCUT2D eigenvalue weighted by molar-refractivity contribution is -0.116. The molecule has 3 N–H and O–H groups in total. The number of hydrogen-bond donors (Lipinski definition) is 2. The van der Waals surface area contributed by atoms with E-state index in [2.05, 4.69) is 40.6 Å². The third-order valence-electron chi connectivity index (χ3n) is 5.45. The molecule has 2 aromatic rings. The highest BCUT2D eigenvalue weighted by Gasteiger charge is 2.18. The van der Waals surface area contributed by atoms with E-state index in [1.54, 1.807) is 6.21 Å². The van der Waals surface area contributed by atoms with Crippen LogP contribution in [0.5, 0.6) is 0 Å². The van der Waals surface area contributed by atoms with Crippen LogP contribution < -0.4 is 11.1 Å². The van der Waals surface area contributed by atoms with Crippen LogP contribution in [0.2, 0.25) is 0 Å². The summed E-state index contributed by atoms with van der Waals surface area (Å²) in [4.78, 5) is 20.9. The van der Waals surface area contributed by atoms with Crippen molar-refractivity contribution in [1.29, 1.82) is 0 Å². The molecule has 0 saturated carbocycles. The van der Waals surface area contributed by atoms with E-state index in [4.69, 9.17) is 5.73 Å². The molecule has 0 saturated heterocycles. The molecular weight excluding hydrogens is 408 g/mol. The molecule has 0 aliphatic heterocycles. The third-order valence-corrected chi connectivity index (χ3v) is 5.45. The molecule has 0 fully saturated rings. The molecule has 0 bridgehead atoms. The molecule has 0 radical (unpaired) electrons. The van der Waals surface area contributed by atoms with Gasteiger partial charge in [0.1, 0.15) is 5.82 Å². The van der Waals surface area contributed by atoms with Gasteiger partial charge < -0.3 is 11.1 Å². The first-order valence-electron chi connectivity index (χ1n) is 11.1. The summed E-state index contributed by atoms with van der Waals surface area (Å²) in [5.41, 5.74) is 12.8. The number of rotatable bonds is 9. The van der Waals surface area contributed by atoms with Gasteiger partial charge in [0, 0.05) is 35.0 Å². The maximum atomic E-state index is 11.8. The Labute approximate surface area is 197 Å². The Balaban J connectivity index is 2.81. The van der Waals surface area contributed by atoms with Gasteiger partial charge in [-0.05, 0) is 74.6 Å². The number of benzene rings is 1. The molecule has 172 valence electrons. The zero-order chi connectivity index (χ0) is 24.5. The zero-order valence-electron chi connectivity index (χ0n) is 20.3. The molecular formula is C28H34N4O. The Bertz CT molecular complexity index is 1180. The largest absolute Gasteiger partial charge is 0.383 e. The maximum absolute atomic E-state index is 11.8. The minimum absolute atomic E-state index is 0.121. The fourth-order valence-electron chi connectivity index (χ4n) is 3.65. The second kappa shape index (κ2) is 11.8. The average molecular weight is 443 g/mol. The number of nitrogens with zero attached hydrogens (tertiary/aromatic N) is 2. The standard InChI is InChI=1S/C28H34N4O/c1-8-23(32-25(33)9-2)15-19(6)20(7)27(26(18(4)5)28(29)30-10-3)22-16-21-13-11-12-14-24(21)31-17-22/h9-17,23H,2,4,8,29H2,1,3,5-7H3,(H,32,33)/b19-15-,27-20+,28-26+,30-10-/t23-/m1/s1. The number of pyridine rings is 1. The molecule has 0 unspecified atom stereocenters. The summed E-state index contributed by atoms with van der Waals surface area (Å²) in [7, 11) is 0. The van der Waals surface area contributed by atoms with Crippen molar-refractivity contribution in [2.24, 2.45) is 10.7 Å². The number of nitrogens with two attached hydrogens (primary N) is 1. The quantitative estimate of drug-likeness (QED) is 0.289. The van der Waals surface area contributed by atoms with Gasteiger partial charge in [-0.25, -0.2) is 4.99 Å².